The Morgan fingerprint density at radius 2 is 1.96 bits per heavy atom. The average molecular weight is 363 g/mol. The lowest BCUT2D eigenvalue weighted by molar-refractivity contribution is -0.126. The van der Waals surface area contributed by atoms with E-state index in [0.29, 0.717) is 13.1 Å². The van der Waals surface area contributed by atoms with Crippen LogP contribution < -0.4 is 15.5 Å². The van der Waals surface area contributed by atoms with Crippen molar-refractivity contribution >= 4 is 17.5 Å². The number of nitrogens with zero attached hydrogens (tertiary/aromatic N) is 1. The summed E-state index contributed by atoms with van der Waals surface area (Å²) in [5, 5.41) is 6.03. The Morgan fingerprint density at radius 3 is 2.78 bits per heavy atom. The largest absolute Gasteiger partial charge is 0.354 e. The van der Waals surface area contributed by atoms with Crippen LogP contribution in [-0.4, -0.2) is 38.0 Å². The maximum Gasteiger partial charge on any atom is 0.227 e. The molecule has 2 amide bonds. The molecule has 1 saturated heterocycles. The van der Waals surface area contributed by atoms with Crippen molar-refractivity contribution in [1.82, 2.24) is 10.6 Å². The Kier molecular flexibility index (Phi) is 4.70. The number of hydrogen-bond donors (Lipinski definition) is 2. The fourth-order valence-corrected chi connectivity index (χ4v) is 3.93. The number of benzene rings is 2. The molecule has 0 bridgehead atoms. The first-order chi connectivity index (χ1) is 13.1. The quantitative estimate of drug-likeness (QED) is 0.731. The first kappa shape index (κ1) is 17.7. The lowest BCUT2D eigenvalue weighted by Gasteiger charge is -2.18. The topological polar surface area (TPSA) is 61.4 Å². The van der Waals surface area contributed by atoms with Gasteiger partial charge in [0, 0.05) is 31.2 Å². The average Bonchev–Trinajstić information content (AvgIpc) is 3.25. The van der Waals surface area contributed by atoms with Crippen molar-refractivity contribution in [3.05, 3.63) is 53.6 Å². The highest BCUT2D eigenvalue weighted by atomic mass is 16.2. The molecule has 2 unspecified atom stereocenters. The lowest BCUT2D eigenvalue weighted by atomic mass is 10.1. The van der Waals surface area contributed by atoms with E-state index in [1.54, 1.807) is 4.90 Å². The molecular weight excluding hydrogens is 338 g/mol. The zero-order chi connectivity index (χ0) is 19.0. The highest BCUT2D eigenvalue weighted by Crippen LogP contribution is 2.39. The Balaban J connectivity index is 1.48. The van der Waals surface area contributed by atoms with Crippen LogP contribution >= 0.6 is 0 Å². The van der Waals surface area contributed by atoms with E-state index in [4.69, 9.17) is 0 Å². The van der Waals surface area contributed by atoms with Crippen LogP contribution in [0.5, 0.6) is 0 Å². The molecule has 140 valence electrons. The van der Waals surface area contributed by atoms with E-state index in [9.17, 15) is 9.59 Å². The summed E-state index contributed by atoms with van der Waals surface area (Å²) in [4.78, 5) is 26.7. The molecule has 2 N–H and O–H groups in total. The van der Waals surface area contributed by atoms with Crippen LogP contribution in [0.1, 0.15) is 24.5 Å². The van der Waals surface area contributed by atoms with E-state index in [2.05, 4.69) is 47.0 Å². The third-order valence-electron chi connectivity index (χ3n) is 5.66. The molecule has 1 fully saturated rings. The number of amides is 2. The predicted octanol–water partition coefficient (Wildman–Crippen LogP) is 2.33. The molecule has 5 nitrogen and oxygen atoms in total. The molecule has 2 aromatic rings. The van der Waals surface area contributed by atoms with Crippen molar-refractivity contribution < 1.29 is 9.59 Å². The van der Waals surface area contributed by atoms with Gasteiger partial charge >= 0.3 is 0 Å². The van der Waals surface area contributed by atoms with Crippen LogP contribution in [0.4, 0.5) is 5.69 Å². The molecule has 1 aliphatic heterocycles. The molecular formula is C22H25N3O2. The second kappa shape index (κ2) is 7.16. The molecule has 0 radical (unpaired) electrons. The first-order valence-corrected chi connectivity index (χ1v) is 9.53. The van der Waals surface area contributed by atoms with Crippen LogP contribution in [-0.2, 0) is 16.0 Å². The molecule has 1 heterocycles. The van der Waals surface area contributed by atoms with Crippen LogP contribution in [0, 0.1) is 5.92 Å². The molecule has 27 heavy (non-hydrogen) atoms. The summed E-state index contributed by atoms with van der Waals surface area (Å²) in [5.41, 5.74) is 6.00. The number of carbonyl (C=O) groups is 2. The smallest absolute Gasteiger partial charge is 0.227 e. The maximum absolute atomic E-state index is 12.5. The molecule has 2 aromatic carbocycles. The third-order valence-corrected chi connectivity index (χ3v) is 5.66. The SMILES string of the molecule is CNC(C)CNC(=O)C1CC(=O)N(c2ccc3c(c2)Cc2ccccc2-3)C1. The van der Waals surface area contributed by atoms with Crippen molar-refractivity contribution in [3.63, 3.8) is 0 Å². The van der Waals surface area contributed by atoms with Gasteiger partial charge in [-0.1, -0.05) is 30.3 Å². The van der Waals surface area contributed by atoms with E-state index in [0.717, 1.165) is 12.1 Å². The monoisotopic (exact) mass is 363 g/mol. The second-order valence-electron chi connectivity index (χ2n) is 7.52. The summed E-state index contributed by atoms with van der Waals surface area (Å²) >= 11 is 0. The van der Waals surface area contributed by atoms with Crippen molar-refractivity contribution in [3.8, 4) is 11.1 Å². The third kappa shape index (κ3) is 3.35. The molecule has 2 aliphatic rings. The van der Waals surface area contributed by atoms with E-state index in [-0.39, 0.29) is 30.2 Å². The standard InChI is InChI=1S/C22H25N3O2/c1-14(23-2)12-24-22(27)17-11-21(26)25(13-17)18-7-8-20-16(10-18)9-15-5-3-4-6-19(15)20/h3-8,10,14,17,23H,9,11-13H2,1-2H3,(H,24,27). The minimum atomic E-state index is -0.285. The van der Waals surface area contributed by atoms with E-state index >= 15 is 0 Å². The Morgan fingerprint density at radius 1 is 1.19 bits per heavy atom. The summed E-state index contributed by atoms with van der Waals surface area (Å²) < 4.78 is 0. The summed E-state index contributed by atoms with van der Waals surface area (Å²) in [6.45, 7) is 3.02. The first-order valence-electron chi connectivity index (χ1n) is 9.53. The van der Waals surface area contributed by atoms with E-state index < -0.39 is 0 Å². The normalized spacial score (nSPS) is 19.0. The number of hydrogen-bond acceptors (Lipinski definition) is 3. The molecule has 2 atom stereocenters. The number of fused-ring (bicyclic) bond motifs is 3. The van der Waals surface area contributed by atoms with Crippen LogP contribution in [0.15, 0.2) is 42.5 Å². The van der Waals surface area contributed by atoms with Crippen molar-refractivity contribution in [1.29, 1.82) is 0 Å². The summed E-state index contributed by atoms with van der Waals surface area (Å²) in [5.74, 6) is -0.305. The van der Waals surface area contributed by atoms with Crippen LogP contribution in [0.2, 0.25) is 0 Å². The molecule has 0 aromatic heterocycles. The molecule has 1 aliphatic carbocycles. The fraction of sp³-hybridized carbons (Fsp3) is 0.364. The van der Waals surface area contributed by atoms with Crippen molar-refractivity contribution in [2.75, 3.05) is 25.0 Å². The van der Waals surface area contributed by atoms with Crippen LogP contribution in [0.25, 0.3) is 11.1 Å². The van der Waals surface area contributed by atoms with Gasteiger partial charge in [0.25, 0.3) is 0 Å². The summed E-state index contributed by atoms with van der Waals surface area (Å²) in [6.07, 6.45) is 1.17. The number of likely N-dealkylation sites (N-methyl/N-ethyl adjacent to an activating group) is 1. The molecule has 0 saturated carbocycles. The number of rotatable bonds is 5. The van der Waals surface area contributed by atoms with Gasteiger partial charge in [0.2, 0.25) is 11.8 Å². The van der Waals surface area contributed by atoms with Gasteiger partial charge in [0.1, 0.15) is 0 Å². The van der Waals surface area contributed by atoms with Crippen LogP contribution in [0.3, 0.4) is 0 Å². The highest BCUT2D eigenvalue weighted by Gasteiger charge is 2.35. The molecule has 0 spiro atoms. The van der Waals surface area contributed by atoms with Gasteiger partial charge in [-0.25, -0.2) is 0 Å². The van der Waals surface area contributed by atoms with Crippen molar-refractivity contribution in [2.45, 2.75) is 25.8 Å². The molecule has 5 heteroatoms. The zero-order valence-corrected chi connectivity index (χ0v) is 15.8. The van der Waals surface area contributed by atoms with E-state index in [1.807, 2.05) is 20.0 Å². The van der Waals surface area contributed by atoms with Gasteiger partial charge in [-0.3, -0.25) is 9.59 Å². The number of nitrogens with one attached hydrogen (secondary N) is 2. The zero-order valence-electron chi connectivity index (χ0n) is 15.8. The number of carbonyl (C=O) groups excluding carboxylic acids is 2. The minimum Gasteiger partial charge on any atom is -0.354 e. The van der Waals surface area contributed by atoms with Gasteiger partial charge in [0.05, 0.1) is 5.92 Å². The Bertz CT molecular complexity index is 893. The highest BCUT2D eigenvalue weighted by molar-refractivity contribution is 6.00. The van der Waals surface area contributed by atoms with Gasteiger partial charge < -0.3 is 15.5 Å². The maximum atomic E-state index is 12.5. The van der Waals surface area contributed by atoms with Gasteiger partial charge in [-0.15, -0.1) is 0 Å². The van der Waals surface area contributed by atoms with Crippen molar-refractivity contribution in [2.24, 2.45) is 5.92 Å². The lowest BCUT2D eigenvalue weighted by Crippen LogP contribution is -2.40. The summed E-state index contributed by atoms with van der Waals surface area (Å²) in [7, 11) is 1.86. The van der Waals surface area contributed by atoms with Gasteiger partial charge in [0.15, 0.2) is 0 Å². The van der Waals surface area contributed by atoms with E-state index in [1.165, 1.54) is 22.3 Å². The molecule has 4 rings (SSSR count). The van der Waals surface area contributed by atoms with Gasteiger partial charge in [-0.05, 0) is 54.8 Å². The minimum absolute atomic E-state index is 0.0206. The second-order valence-corrected chi connectivity index (χ2v) is 7.52. The fourth-order valence-electron chi connectivity index (χ4n) is 3.93. The Labute approximate surface area is 159 Å². The predicted molar refractivity (Wildman–Crippen MR) is 107 cm³/mol. The Hall–Kier alpha value is -2.66. The van der Waals surface area contributed by atoms with Gasteiger partial charge in [-0.2, -0.15) is 0 Å². The summed E-state index contributed by atoms with van der Waals surface area (Å²) in [6, 6.07) is 14.8. The number of anilines is 1.